The van der Waals surface area contributed by atoms with E-state index < -0.39 is 10.0 Å². The van der Waals surface area contributed by atoms with Crippen LogP contribution in [0.15, 0.2) is 30.3 Å². The molecule has 1 aromatic carbocycles. The molecule has 2 aliphatic rings. The molecule has 0 radical (unpaired) electrons. The highest BCUT2D eigenvalue weighted by atomic mass is 32.2. The van der Waals surface area contributed by atoms with Crippen molar-refractivity contribution in [2.45, 2.75) is 50.2 Å². The van der Waals surface area contributed by atoms with E-state index in [1.165, 1.54) is 37.5 Å². The summed E-state index contributed by atoms with van der Waals surface area (Å²) < 4.78 is 31.9. The van der Waals surface area contributed by atoms with Crippen LogP contribution in [0.2, 0.25) is 0 Å². The molecule has 0 spiro atoms. The Kier molecular flexibility index (Phi) is 6.49. The van der Waals surface area contributed by atoms with Crippen LogP contribution in [0, 0.1) is 5.92 Å². The third kappa shape index (κ3) is 5.78. The zero-order valence-corrected chi connectivity index (χ0v) is 15.8. The van der Waals surface area contributed by atoms with Crippen LogP contribution in [-0.2, 0) is 14.8 Å². The fourth-order valence-electron chi connectivity index (χ4n) is 4.06. The summed E-state index contributed by atoms with van der Waals surface area (Å²) in [6.07, 6.45) is 6.72. The summed E-state index contributed by atoms with van der Waals surface area (Å²) in [5, 5.41) is 3.31. The van der Waals surface area contributed by atoms with E-state index in [1.54, 1.807) is 0 Å². The molecule has 0 aromatic heterocycles. The van der Waals surface area contributed by atoms with Gasteiger partial charge < -0.3 is 10.1 Å². The summed E-state index contributed by atoms with van der Waals surface area (Å²) in [5.74, 6) is 1.26. The van der Waals surface area contributed by atoms with E-state index in [0.717, 1.165) is 19.6 Å². The lowest BCUT2D eigenvalue weighted by Gasteiger charge is -2.34. The number of nitrogens with one attached hydrogen (secondary N) is 2. The van der Waals surface area contributed by atoms with Crippen molar-refractivity contribution in [1.82, 2.24) is 10.0 Å². The van der Waals surface area contributed by atoms with Crippen molar-refractivity contribution in [3.8, 4) is 0 Å². The van der Waals surface area contributed by atoms with Gasteiger partial charge >= 0.3 is 0 Å². The fourth-order valence-corrected chi connectivity index (χ4v) is 4.88. The van der Waals surface area contributed by atoms with Crippen molar-refractivity contribution in [2.75, 3.05) is 26.0 Å². The van der Waals surface area contributed by atoms with Gasteiger partial charge in [0, 0.05) is 13.2 Å². The fraction of sp³-hybridized carbons (Fsp3) is 0.684. The standard InChI is InChI=1S/C19H30N2O3S/c1-25(22,23)21-18-11-12-20-13-19(18)24-14-15-7-9-17(10-8-15)16-5-3-2-4-6-16/h2-6,15,17-21H,7-14H2,1H3/t15?,17?,18-,19+/m0/s1. The van der Waals surface area contributed by atoms with Crippen LogP contribution < -0.4 is 10.0 Å². The first kappa shape index (κ1) is 18.8. The van der Waals surface area contributed by atoms with Crippen molar-refractivity contribution in [2.24, 2.45) is 5.92 Å². The molecule has 25 heavy (non-hydrogen) atoms. The Hall–Kier alpha value is -0.950. The van der Waals surface area contributed by atoms with Crippen LogP contribution in [0.1, 0.15) is 43.6 Å². The molecule has 0 unspecified atom stereocenters. The molecular weight excluding hydrogens is 336 g/mol. The van der Waals surface area contributed by atoms with Crippen molar-refractivity contribution in [3.05, 3.63) is 35.9 Å². The van der Waals surface area contributed by atoms with Crippen LogP contribution in [0.5, 0.6) is 0 Å². The Labute approximate surface area is 151 Å². The number of sulfonamides is 1. The summed E-state index contributed by atoms with van der Waals surface area (Å²) in [4.78, 5) is 0. The minimum absolute atomic E-state index is 0.0738. The first-order valence-corrected chi connectivity index (χ1v) is 11.2. The topological polar surface area (TPSA) is 67.4 Å². The van der Waals surface area contributed by atoms with Crippen molar-refractivity contribution < 1.29 is 13.2 Å². The van der Waals surface area contributed by atoms with Crippen molar-refractivity contribution in [1.29, 1.82) is 0 Å². The summed E-state index contributed by atoms with van der Waals surface area (Å²) in [6, 6.07) is 10.7. The molecule has 2 fully saturated rings. The normalized spacial score (nSPS) is 30.9. The summed E-state index contributed by atoms with van der Waals surface area (Å²) in [7, 11) is -3.20. The van der Waals surface area contributed by atoms with Crippen LogP contribution in [0.3, 0.4) is 0 Å². The number of hydrogen-bond donors (Lipinski definition) is 2. The molecule has 5 nitrogen and oxygen atoms in total. The lowest BCUT2D eigenvalue weighted by atomic mass is 9.79. The van der Waals surface area contributed by atoms with Crippen molar-refractivity contribution >= 4 is 10.0 Å². The van der Waals surface area contributed by atoms with E-state index in [4.69, 9.17) is 4.74 Å². The average Bonchev–Trinajstić information content (AvgIpc) is 2.61. The second kappa shape index (κ2) is 8.62. The maximum absolute atomic E-state index is 11.5. The highest BCUT2D eigenvalue weighted by molar-refractivity contribution is 7.88. The Balaban J connectivity index is 1.45. The first-order valence-electron chi connectivity index (χ1n) is 9.36. The van der Waals surface area contributed by atoms with Crippen LogP contribution in [0.4, 0.5) is 0 Å². The van der Waals surface area contributed by atoms with E-state index in [9.17, 15) is 8.42 Å². The molecule has 1 aromatic rings. The average molecular weight is 367 g/mol. The summed E-state index contributed by atoms with van der Waals surface area (Å²) in [5.41, 5.74) is 1.45. The number of rotatable bonds is 6. The van der Waals surface area contributed by atoms with Crippen LogP contribution in [0.25, 0.3) is 0 Å². The van der Waals surface area contributed by atoms with E-state index in [2.05, 4.69) is 40.4 Å². The molecule has 6 heteroatoms. The number of hydrogen-bond acceptors (Lipinski definition) is 4. The van der Waals surface area contributed by atoms with Crippen LogP contribution >= 0.6 is 0 Å². The molecule has 1 saturated carbocycles. The highest BCUT2D eigenvalue weighted by Crippen LogP contribution is 2.35. The number of piperidine rings is 1. The molecular formula is C19H30N2O3S. The second-order valence-corrected chi connectivity index (χ2v) is 9.27. The maximum atomic E-state index is 11.5. The van der Waals surface area contributed by atoms with Gasteiger partial charge in [0.1, 0.15) is 0 Å². The molecule has 1 aliphatic carbocycles. The number of ether oxygens (including phenoxy) is 1. The zero-order valence-electron chi connectivity index (χ0n) is 15.0. The number of benzene rings is 1. The smallest absolute Gasteiger partial charge is 0.209 e. The van der Waals surface area contributed by atoms with Gasteiger partial charge in [-0.05, 0) is 56.0 Å². The minimum atomic E-state index is -3.20. The monoisotopic (exact) mass is 366 g/mol. The summed E-state index contributed by atoms with van der Waals surface area (Å²) >= 11 is 0. The van der Waals surface area contributed by atoms with Gasteiger partial charge in [-0.15, -0.1) is 0 Å². The predicted octanol–water partition coefficient (Wildman–Crippen LogP) is 2.26. The maximum Gasteiger partial charge on any atom is 0.209 e. The molecule has 1 aliphatic heterocycles. The molecule has 0 bridgehead atoms. The Morgan fingerprint density at radius 2 is 1.84 bits per heavy atom. The molecule has 1 saturated heterocycles. The van der Waals surface area contributed by atoms with Gasteiger partial charge in [-0.1, -0.05) is 30.3 Å². The van der Waals surface area contributed by atoms with Gasteiger partial charge in [0.15, 0.2) is 0 Å². The van der Waals surface area contributed by atoms with Gasteiger partial charge in [-0.2, -0.15) is 0 Å². The lowest BCUT2D eigenvalue weighted by Crippen LogP contribution is -2.53. The zero-order chi connectivity index (χ0) is 17.7. The van der Waals surface area contributed by atoms with E-state index in [-0.39, 0.29) is 12.1 Å². The lowest BCUT2D eigenvalue weighted by molar-refractivity contribution is -0.00653. The third-order valence-corrected chi connectivity index (χ3v) is 6.19. The van der Waals surface area contributed by atoms with E-state index in [1.807, 2.05) is 0 Å². The molecule has 0 amide bonds. The molecule has 3 rings (SSSR count). The Morgan fingerprint density at radius 1 is 1.12 bits per heavy atom. The SMILES string of the molecule is CS(=O)(=O)N[C@H]1CCNC[C@H]1OCC1CCC(c2ccccc2)CC1. The van der Waals surface area contributed by atoms with Gasteiger partial charge in [0.05, 0.1) is 18.4 Å². The van der Waals surface area contributed by atoms with Gasteiger partial charge in [0.25, 0.3) is 0 Å². The first-order chi connectivity index (χ1) is 12.0. The molecule has 2 atom stereocenters. The Bertz CT molecular complexity index is 627. The van der Waals surface area contributed by atoms with Gasteiger partial charge in [-0.25, -0.2) is 13.1 Å². The van der Waals surface area contributed by atoms with Crippen molar-refractivity contribution in [3.63, 3.8) is 0 Å². The predicted molar refractivity (Wildman–Crippen MR) is 100 cm³/mol. The molecule has 2 N–H and O–H groups in total. The Morgan fingerprint density at radius 3 is 2.52 bits per heavy atom. The molecule has 140 valence electrons. The van der Waals surface area contributed by atoms with E-state index in [0.29, 0.717) is 18.4 Å². The second-order valence-electron chi connectivity index (χ2n) is 7.49. The molecule has 1 heterocycles. The van der Waals surface area contributed by atoms with Crippen LogP contribution in [-0.4, -0.2) is 46.5 Å². The highest BCUT2D eigenvalue weighted by Gasteiger charge is 2.29. The van der Waals surface area contributed by atoms with Gasteiger partial charge in [-0.3, -0.25) is 0 Å². The van der Waals surface area contributed by atoms with Gasteiger partial charge in [0.2, 0.25) is 10.0 Å². The van der Waals surface area contributed by atoms with E-state index >= 15 is 0 Å². The summed E-state index contributed by atoms with van der Waals surface area (Å²) in [6.45, 7) is 2.28. The minimum Gasteiger partial charge on any atom is -0.375 e. The third-order valence-electron chi connectivity index (χ3n) is 5.46. The largest absolute Gasteiger partial charge is 0.375 e. The quantitative estimate of drug-likeness (QED) is 0.810.